The van der Waals surface area contributed by atoms with Gasteiger partial charge in [-0.15, -0.1) is 0 Å². The van der Waals surface area contributed by atoms with Crippen LogP contribution in [0.15, 0.2) is 48.5 Å². The van der Waals surface area contributed by atoms with Crippen molar-refractivity contribution in [3.8, 4) is 0 Å². The maximum atomic E-state index is 12.1. The average Bonchev–Trinajstić information content (AvgIpc) is 2.67. The SMILES string of the molecule is CCN(CC)c1ccc(C(=O)OCC(=O)NCc2ccccc2Cl)cc1. The number of carbonyl (C=O) groups is 2. The van der Waals surface area contributed by atoms with Gasteiger partial charge in [-0.2, -0.15) is 0 Å². The molecule has 138 valence electrons. The van der Waals surface area contributed by atoms with E-state index in [0.717, 1.165) is 24.3 Å². The molecule has 0 aromatic heterocycles. The molecule has 2 aromatic rings. The van der Waals surface area contributed by atoms with Crippen LogP contribution in [0.5, 0.6) is 0 Å². The minimum atomic E-state index is -0.524. The summed E-state index contributed by atoms with van der Waals surface area (Å²) in [7, 11) is 0. The number of anilines is 1. The molecule has 5 nitrogen and oxygen atoms in total. The van der Waals surface area contributed by atoms with Crippen LogP contribution in [0.1, 0.15) is 29.8 Å². The molecule has 0 bridgehead atoms. The van der Waals surface area contributed by atoms with Gasteiger partial charge in [0.05, 0.1) is 5.56 Å². The fourth-order valence-corrected chi connectivity index (χ4v) is 2.70. The lowest BCUT2D eigenvalue weighted by Gasteiger charge is -2.20. The predicted molar refractivity (Wildman–Crippen MR) is 104 cm³/mol. The normalized spacial score (nSPS) is 10.3. The molecule has 0 spiro atoms. The van der Waals surface area contributed by atoms with Gasteiger partial charge in [0.25, 0.3) is 5.91 Å². The van der Waals surface area contributed by atoms with E-state index in [1.54, 1.807) is 18.2 Å². The molecular formula is C20H23ClN2O3. The summed E-state index contributed by atoms with van der Waals surface area (Å²) < 4.78 is 5.06. The molecule has 2 aromatic carbocycles. The number of hydrogen-bond acceptors (Lipinski definition) is 4. The fraction of sp³-hybridized carbons (Fsp3) is 0.300. The quantitative estimate of drug-likeness (QED) is 0.716. The second-order valence-corrected chi connectivity index (χ2v) is 6.07. The number of amides is 1. The van der Waals surface area contributed by atoms with Crippen molar-refractivity contribution in [1.29, 1.82) is 0 Å². The number of nitrogens with one attached hydrogen (secondary N) is 1. The van der Waals surface area contributed by atoms with E-state index in [2.05, 4.69) is 24.1 Å². The monoisotopic (exact) mass is 374 g/mol. The van der Waals surface area contributed by atoms with Crippen LogP contribution >= 0.6 is 11.6 Å². The van der Waals surface area contributed by atoms with Crippen LogP contribution in [-0.4, -0.2) is 31.6 Å². The third-order valence-electron chi connectivity index (χ3n) is 4.00. The molecule has 0 atom stereocenters. The molecule has 0 saturated carbocycles. The second kappa shape index (κ2) is 9.82. The van der Waals surface area contributed by atoms with Gasteiger partial charge >= 0.3 is 5.97 Å². The Morgan fingerprint density at radius 3 is 2.31 bits per heavy atom. The number of halogens is 1. The molecule has 0 aliphatic rings. The van der Waals surface area contributed by atoms with Crippen molar-refractivity contribution >= 4 is 29.2 Å². The van der Waals surface area contributed by atoms with Gasteiger partial charge in [0.15, 0.2) is 6.61 Å². The predicted octanol–water partition coefficient (Wildman–Crippen LogP) is 3.66. The fourth-order valence-electron chi connectivity index (χ4n) is 2.50. The number of rotatable bonds is 8. The van der Waals surface area contributed by atoms with Crippen molar-refractivity contribution in [1.82, 2.24) is 5.32 Å². The number of ether oxygens (including phenoxy) is 1. The van der Waals surface area contributed by atoms with Crippen molar-refractivity contribution in [2.24, 2.45) is 0 Å². The van der Waals surface area contributed by atoms with Crippen LogP contribution in [0, 0.1) is 0 Å². The van der Waals surface area contributed by atoms with Gasteiger partial charge in [-0.05, 0) is 49.7 Å². The Kier molecular flexibility index (Phi) is 7.48. The Hall–Kier alpha value is -2.53. The summed E-state index contributed by atoms with van der Waals surface area (Å²) in [5.74, 6) is -0.901. The molecule has 1 N–H and O–H groups in total. The minimum absolute atomic E-state index is 0.286. The Bertz CT molecular complexity index is 743. The van der Waals surface area contributed by atoms with E-state index in [9.17, 15) is 9.59 Å². The van der Waals surface area contributed by atoms with Crippen LogP contribution in [-0.2, 0) is 16.1 Å². The highest BCUT2D eigenvalue weighted by Crippen LogP contribution is 2.16. The summed E-state index contributed by atoms with van der Waals surface area (Å²) in [6.45, 7) is 5.90. The first-order chi connectivity index (χ1) is 12.5. The lowest BCUT2D eigenvalue weighted by molar-refractivity contribution is -0.124. The molecule has 0 saturated heterocycles. The zero-order chi connectivity index (χ0) is 18.9. The summed E-state index contributed by atoms with van der Waals surface area (Å²) >= 11 is 6.03. The Morgan fingerprint density at radius 1 is 1.04 bits per heavy atom. The second-order valence-electron chi connectivity index (χ2n) is 5.66. The van der Waals surface area contributed by atoms with E-state index in [4.69, 9.17) is 16.3 Å². The number of benzene rings is 2. The highest BCUT2D eigenvalue weighted by atomic mass is 35.5. The Balaban J connectivity index is 1.82. The van der Waals surface area contributed by atoms with E-state index < -0.39 is 5.97 Å². The first kappa shape index (κ1) is 19.8. The van der Waals surface area contributed by atoms with Crippen molar-refractivity contribution in [3.63, 3.8) is 0 Å². The Morgan fingerprint density at radius 2 is 1.69 bits per heavy atom. The van der Waals surface area contributed by atoms with Gasteiger partial charge in [0.1, 0.15) is 0 Å². The van der Waals surface area contributed by atoms with Crippen LogP contribution in [0.4, 0.5) is 5.69 Å². The zero-order valence-electron chi connectivity index (χ0n) is 15.0. The minimum Gasteiger partial charge on any atom is -0.452 e. The standard InChI is InChI=1S/C20H23ClN2O3/c1-3-23(4-2)17-11-9-15(10-12-17)20(25)26-14-19(24)22-13-16-7-5-6-8-18(16)21/h5-12H,3-4,13-14H2,1-2H3,(H,22,24). The van der Waals surface area contributed by atoms with Crippen molar-refractivity contribution in [2.75, 3.05) is 24.6 Å². The highest BCUT2D eigenvalue weighted by Gasteiger charge is 2.11. The molecule has 0 radical (unpaired) electrons. The lowest BCUT2D eigenvalue weighted by atomic mass is 10.2. The van der Waals surface area contributed by atoms with Crippen LogP contribution in [0.3, 0.4) is 0 Å². The highest BCUT2D eigenvalue weighted by molar-refractivity contribution is 6.31. The molecule has 0 aliphatic carbocycles. The summed E-state index contributed by atoms with van der Waals surface area (Å²) in [6, 6.07) is 14.4. The zero-order valence-corrected chi connectivity index (χ0v) is 15.8. The maximum absolute atomic E-state index is 12.1. The van der Waals surface area contributed by atoms with Gasteiger partial charge in [-0.25, -0.2) is 4.79 Å². The summed E-state index contributed by atoms with van der Waals surface area (Å²) in [5, 5.41) is 3.26. The van der Waals surface area contributed by atoms with Crippen LogP contribution < -0.4 is 10.2 Å². The molecule has 0 heterocycles. The summed E-state index contributed by atoms with van der Waals surface area (Å²) in [6.07, 6.45) is 0. The molecule has 2 rings (SSSR count). The molecular weight excluding hydrogens is 352 g/mol. The molecule has 1 amide bonds. The van der Waals surface area contributed by atoms with E-state index in [1.807, 2.05) is 30.3 Å². The lowest BCUT2D eigenvalue weighted by Crippen LogP contribution is -2.28. The van der Waals surface area contributed by atoms with Crippen LogP contribution in [0.25, 0.3) is 0 Å². The molecule has 6 heteroatoms. The Labute approximate surface area is 158 Å². The topological polar surface area (TPSA) is 58.6 Å². The van der Waals surface area contributed by atoms with E-state index in [-0.39, 0.29) is 19.1 Å². The maximum Gasteiger partial charge on any atom is 0.338 e. The number of nitrogens with zero attached hydrogens (tertiary/aromatic N) is 1. The summed E-state index contributed by atoms with van der Waals surface area (Å²) in [5.41, 5.74) is 2.27. The molecule has 0 aliphatic heterocycles. The molecule has 26 heavy (non-hydrogen) atoms. The van der Waals surface area contributed by atoms with Crippen LogP contribution in [0.2, 0.25) is 5.02 Å². The van der Waals surface area contributed by atoms with E-state index in [0.29, 0.717) is 10.6 Å². The first-order valence-corrected chi connectivity index (χ1v) is 8.95. The molecule has 0 fully saturated rings. The van der Waals surface area contributed by atoms with E-state index in [1.165, 1.54) is 0 Å². The van der Waals surface area contributed by atoms with Gasteiger partial charge in [0, 0.05) is 30.3 Å². The largest absolute Gasteiger partial charge is 0.452 e. The number of hydrogen-bond donors (Lipinski definition) is 1. The van der Waals surface area contributed by atoms with Gasteiger partial charge < -0.3 is 15.0 Å². The average molecular weight is 375 g/mol. The van der Waals surface area contributed by atoms with Gasteiger partial charge in [-0.3, -0.25) is 4.79 Å². The third-order valence-corrected chi connectivity index (χ3v) is 4.37. The number of esters is 1. The first-order valence-electron chi connectivity index (χ1n) is 8.57. The third kappa shape index (κ3) is 5.49. The van der Waals surface area contributed by atoms with Crippen molar-refractivity contribution in [3.05, 3.63) is 64.7 Å². The number of carbonyl (C=O) groups excluding carboxylic acids is 2. The van der Waals surface area contributed by atoms with Crippen molar-refractivity contribution < 1.29 is 14.3 Å². The smallest absolute Gasteiger partial charge is 0.338 e. The van der Waals surface area contributed by atoms with E-state index >= 15 is 0 Å². The van der Waals surface area contributed by atoms with Crippen molar-refractivity contribution in [2.45, 2.75) is 20.4 Å². The van der Waals surface area contributed by atoms with Gasteiger partial charge in [0.2, 0.25) is 0 Å². The molecule has 0 unspecified atom stereocenters. The van der Waals surface area contributed by atoms with Gasteiger partial charge in [-0.1, -0.05) is 29.8 Å². The summed E-state index contributed by atoms with van der Waals surface area (Å²) in [4.78, 5) is 26.1.